The molecule has 2 aromatic carbocycles. The van der Waals surface area contributed by atoms with Gasteiger partial charge in [-0.15, -0.1) is 0 Å². The minimum absolute atomic E-state index is 0.117. The van der Waals surface area contributed by atoms with Gasteiger partial charge in [-0.2, -0.15) is 0 Å². The lowest BCUT2D eigenvalue weighted by molar-refractivity contribution is -0.115. The van der Waals surface area contributed by atoms with Crippen molar-refractivity contribution in [1.29, 1.82) is 0 Å². The van der Waals surface area contributed by atoms with Crippen LogP contribution in [0.4, 0.5) is 15.8 Å². The Morgan fingerprint density at radius 1 is 1.29 bits per heavy atom. The first-order valence-corrected chi connectivity index (χ1v) is 6.85. The number of hydrogen-bond acceptors (Lipinski definition) is 2. The van der Waals surface area contributed by atoms with Gasteiger partial charge in [0.15, 0.2) is 0 Å². The number of carbonyl (C=O) groups is 1. The van der Waals surface area contributed by atoms with Crippen LogP contribution in [0.3, 0.4) is 0 Å². The number of benzene rings is 2. The van der Waals surface area contributed by atoms with Crippen LogP contribution in [0.2, 0.25) is 5.02 Å². The molecule has 0 aliphatic rings. The second-order valence-electron chi connectivity index (χ2n) is 4.95. The fraction of sp³-hybridized carbons (Fsp3) is 0.188. The summed E-state index contributed by atoms with van der Waals surface area (Å²) in [6, 6.07) is 7.94. The number of aryl methyl sites for hydroxylation is 2. The highest BCUT2D eigenvalue weighted by atomic mass is 35.5. The molecule has 0 fully saturated rings. The van der Waals surface area contributed by atoms with E-state index >= 15 is 0 Å². The topological polar surface area (TPSA) is 55.1 Å². The molecular weight excluding hydrogens is 291 g/mol. The molecule has 0 aliphatic heterocycles. The third-order valence-electron chi connectivity index (χ3n) is 3.29. The third-order valence-corrected chi connectivity index (χ3v) is 3.64. The van der Waals surface area contributed by atoms with Crippen LogP contribution in [0.25, 0.3) is 0 Å². The summed E-state index contributed by atoms with van der Waals surface area (Å²) in [5.74, 6) is -0.808. The van der Waals surface area contributed by atoms with Gasteiger partial charge in [0, 0.05) is 22.0 Å². The number of hydrogen-bond donors (Lipinski definition) is 2. The highest BCUT2D eigenvalue weighted by Gasteiger charge is 2.13. The smallest absolute Gasteiger partial charge is 0.228 e. The predicted octanol–water partition coefficient (Wildman–Crippen LogP) is 3.86. The molecule has 5 heteroatoms. The van der Waals surface area contributed by atoms with Gasteiger partial charge in [0.25, 0.3) is 0 Å². The van der Waals surface area contributed by atoms with Crippen molar-refractivity contribution in [2.75, 3.05) is 11.1 Å². The van der Waals surface area contributed by atoms with Crippen LogP contribution in [-0.2, 0) is 11.2 Å². The Bertz CT molecular complexity index is 681. The van der Waals surface area contributed by atoms with Gasteiger partial charge < -0.3 is 11.1 Å². The standard InChI is InChI=1S/C16H16ClFN2O/c1-9-7-15(10(2)6-14(9)19)20-16(21)8-11-12(17)4-3-5-13(11)18/h3-7H,8,19H2,1-2H3,(H,20,21). The van der Waals surface area contributed by atoms with Crippen molar-refractivity contribution < 1.29 is 9.18 Å². The molecular formula is C16H16ClFN2O. The maximum Gasteiger partial charge on any atom is 0.228 e. The van der Waals surface area contributed by atoms with E-state index in [1.165, 1.54) is 12.1 Å². The molecule has 3 N–H and O–H groups in total. The van der Waals surface area contributed by atoms with Crippen molar-refractivity contribution in [3.05, 3.63) is 57.9 Å². The van der Waals surface area contributed by atoms with Gasteiger partial charge in [0.1, 0.15) is 5.82 Å². The second-order valence-corrected chi connectivity index (χ2v) is 5.36. The van der Waals surface area contributed by atoms with E-state index in [-0.39, 0.29) is 22.9 Å². The maximum absolute atomic E-state index is 13.7. The van der Waals surface area contributed by atoms with E-state index in [1.54, 1.807) is 18.2 Å². The number of nitrogens with one attached hydrogen (secondary N) is 1. The monoisotopic (exact) mass is 306 g/mol. The quantitative estimate of drug-likeness (QED) is 0.846. The minimum Gasteiger partial charge on any atom is -0.399 e. The summed E-state index contributed by atoms with van der Waals surface area (Å²) in [6.07, 6.45) is -0.117. The molecule has 0 unspecified atom stereocenters. The van der Waals surface area contributed by atoms with Gasteiger partial charge >= 0.3 is 0 Å². The molecule has 0 saturated carbocycles. The van der Waals surface area contributed by atoms with E-state index in [0.29, 0.717) is 11.4 Å². The van der Waals surface area contributed by atoms with E-state index in [1.807, 2.05) is 13.8 Å². The molecule has 1 amide bonds. The Kier molecular flexibility index (Phi) is 4.48. The number of halogens is 2. The molecule has 2 rings (SSSR count). The van der Waals surface area contributed by atoms with E-state index in [0.717, 1.165) is 11.1 Å². The zero-order chi connectivity index (χ0) is 15.6. The average molecular weight is 307 g/mol. The molecule has 0 radical (unpaired) electrons. The van der Waals surface area contributed by atoms with Gasteiger partial charge in [-0.25, -0.2) is 4.39 Å². The number of carbonyl (C=O) groups excluding carboxylic acids is 1. The number of anilines is 2. The summed E-state index contributed by atoms with van der Waals surface area (Å²) in [7, 11) is 0. The summed E-state index contributed by atoms with van der Waals surface area (Å²) in [4.78, 5) is 12.1. The van der Waals surface area contributed by atoms with Crippen molar-refractivity contribution in [3.8, 4) is 0 Å². The van der Waals surface area contributed by atoms with E-state index in [2.05, 4.69) is 5.32 Å². The Balaban J connectivity index is 2.18. The summed E-state index contributed by atoms with van der Waals surface area (Å²) in [6.45, 7) is 3.71. The van der Waals surface area contributed by atoms with Crippen LogP contribution < -0.4 is 11.1 Å². The lowest BCUT2D eigenvalue weighted by atomic mass is 10.1. The number of amides is 1. The summed E-state index contributed by atoms with van der Waals surface area (Å²) in [5.41, 5.74) is 9.06. The predicted molar refractivity (Wildman–Crippen MR) is 84.1 cm³/mol. The Morgan fingerprint density at radius 3 is 2.67 bits per heavy atom. The van der Waals surface area contributed by atoms with Gasteiger partial charge in [-0.1, -0.05) is 17.7 Å². The molecule has 0 atom stereocenters. The fourth-order valence-electron chi connectivity index (χ4n) is 2.03. The SMILES string of the molecule is Cc1cc(NC(=O)Cc2c(F)cccc2Cl)c(C)cc1N. The molecule has 0 bridgehead atoms. The number of rotatable bonds is 3. The van der Waals surface area contributed by atoms with Gasteiger partial charge in [-0.3, -0.25) is 4.79 Å². The van der Waals surface area contributed by atoms with E-state index in [4.69, 9.17) is 17.3 Å². The summed E-state index contributed by atoms with van der Waals surface area (Å²) in [5, 5.41) is 3.01. The lowest BCUT2D eigenvalue weighted by Gasteiger charge is -2.12. The van der Waals surface area contributed by atoms with E-state index < -0.39 is 5.82 Å². The third kappa shape index (κ3) is 3.52. The minimum atomic E-state index is -0.483. The van der Waals surface area contributed by atoms with Gasteiger partial charge in [0.2, 0.25) is 5.91 Å². The molecule has 0 aromatic heterocycles. The van der Waals surface area contributed by atoms with Crippen molar-refractivity contribution in [2.24, 2.45) is 0 Å². The highest BCUT2D eigenvalue weighted by molar-refractivity contribution is 6.31. The zero-order valence-electron chi connectivity index (χ0n) is 11.8. The molecule has 3 nitrogen and oxygen atoms in total. The van der Waals surface area contributed by atoms with Crippen molar-refractivity contribution in [2.45, 2.75) is 20.3 Å². The summed E-state index contributed by atoms with van der Waals surface area (Å²) >= 11 is 5.92. The van der Waals surface area contributed by atoms with Crippen LogP contribution >= 0.6 is 11.6 Å². The zero-order valence-corrected chi connectivity index (χ0v) is 12.6. The molecule has 0 saturated heterocycles. The van der Waals surface area contributed by atoms with Crippen molar-refractivity contribution in [3.63, 3.8) is 0 Å². The molecule has 0 aliphatic carbocycles. The Morgan fingerprint density at radius 2 is 2.00 bits per heavy atom. The second kappa shape index (κ2) is 6.14. The fourth-order valence-corrected chi connectivity index (χ4v) is 2.26. The molecule has 21 heavy (non-hydrogen) atoms. The van der Waals surface area contributed by atoms with E-state index in [9.17, 15) is 9.18 Å². The number of nitrogen functional groups attached to an aromatic ring is 1. The normalized spacial score (nSPS) is 10.5. The van der Waals surface area contributed by atoms with Crippen molar-refractivity contribution in [1.82, 2.24) is 0 Å². The molecule has 0 heterocycles. The van der Waals surface area contributed by atoms with Gasteiger partial charge in [0.05, 0.1) is 6.42 Å². The Hall–Kier alpha value is -2.07. The van der Waals surface area contributed by atoms with Gasteiger partial charge in [-0.05, 0) is 49.2 Å². The lowest BCUT2D eigenvalue weighted by Crippen LogP contribution is -2.16. The average Bonchev–Trinajstić information content (AvgIpc) is 2.40. The summed E-state index contributed by atoms with van der Waals surface area (Å²) < 4.78 is 13.7. The molecule has 2 aromatic rings. The first kappa shape index (κ1) is 15.3. The van der Waals surface area contributed by atoms with Crippen LogP contribution in [0.1, 0.15) is 16.7 Å². The van der Waals surface area contributed by atoms with Crippen LogP contribution in [0, 0.1) is 19.7 Å². The first-order valence-electron chi connectivity index (χ1n) is 6.48. The molecule has 110 valence electrons. The number of nitrogens with two attached hydrogens (primary N) is 1. The van der Waals surface area contributed by atoms with Crippen LogP contribution in [0.5, 0.6) is 0 Å². The van der Waals surface area contributed by atoms with Crippen LogP contribution in [0.15, 0.2) is 30.3 Å². The Labute approximate surface area is 127 Å². The van der Waals surface area contributed by atoms with Crippen LogP contribution in [-0.4, -0.2) is 5.91 Å². The van der Waals surface area contributed by atoms with Crippen molar-refractivity contribution >= 4 is 28.9 Å². The maximum atomic E-state index is 13.7. The largest absolute Gasteiger partial charge is 0.399 e. The molecule has 0 spiro atoms. The highest BCUT2D eigenvalue weighted by Crippen LogP contribution is 2.23. The first-order chi connectivity index (χ1) is 9.88.